The Morgan fingerprint density at radius 1 is 1.31 bits per heavy atom. The summed E-state index contributed by atoms with van der Waals surface area (Å²) in [5.74, 6) is -1.57. The number of sulfonamides is 1. The normalized spacial score (nSPS) is 20.1. The molecule has 0 unspecified atom stereocenters. The molecule has 2 heterocycles. The summed E-state index contributed by atoms with van der Waals surface area (Å²) in [5.41, 5.74) is 0.724. The van der Waals surface area contributed by atoms with Gasteiger partial charge in [0, 0.05) is 52.5 Å². The quantitative estimate of drug-likeness (QED) is 0.641. The second-order valence-electron chi connectivity index (χ2n) is 7.10. The Hall–Kier alpha value is -2.30. The van der Waals surface area contributed by atoms with E-state index < -0.39 is 15.9 Å². The minimum Gasteiger partial charge on any atom is -0.385 e. The van der Waals surface area contributed by atoms with Gasteiger partial charge in [-0.3, -0.25) is 4.79 Å². The van der Waals surface area contributed by atoms with Gasteiger partial charge in [-0.25, -0.2) is 17.8 Å². The van der Waals surface area contributed by atoms with Gasteiger partial charge in [0.2, 0.25) is 5.91 Å². The average Bonchev–Trinajstić information content (AvgIpc) is 3.33. The van der Waals surface area contributed by atoms with Gasteiger partial charge in [0.15, 0.2) is 5.03 Å². The van der Waals surface area contributed by atoms with E-state index in [2.05, 4.69) is 10.3 Å². The first-order chi connectivity index (χ1) is 13.8. The molecule has 3 rings (SSSR count). The van der Waals surface area contributed by atoms with Crippen LogP contribution in [0.3, 0.4) is 0 Å². The summed E-state index contributed by atoms with van der Waals surface area (Å²) in [6.45, 7) is 1.12. The summed E-state index contributed by atoms with van der Waals surface area (Å²) >= 11 is 0. The lowest BCUT2D eigenvalue weighted by atomic mass is 9.88. The van der Waals surface area contributed by atoms with Crippen molar-refractivity contribution in [2.75, 3.05) is 33.4 Å². The van der Waals surface area contributed by atoms with Crippen LogP contribution in [0.25, 0.3) is 0 Å². The van der Waals surface area contributed by atoms with E-state index >= 15 is 0 Å². The molecule has 0 saturated carbocycles. The van der Waals surface area contributed by atoms with Crippen molar-refractivity contribution in [2.45, 2.75) is 17.4 Å². The van der Waals surface area contributed by atoms with E-state index in [-0.39, 0.29) is 35.8 Å². The number of aryl methyl sites for hydroxylation is 1. The number of carbonyl (C=O) groups excluding carboxylic acids is 1. The molecule has 29 heavy (non-hydrogen) atoms. The van der Waals surface area contributed by atoms with Crippen molar-refractivity contribution < 1.29 is 22.3 Å². The zero-order valence-electron chi connectivity index (χ0n) is 16.4. The van der Waals surface area contributed by atoms with Crippen molar-refractivity contribution in [1.82, 2.24) is 19.2 Å². The number of amides is 1. The minimum atomic E-state index is -3.84. The second kappa shape index (κ2) is 9.02. The third-order valence-electron chi connectivity index (χ3n) is 5.03. The van der Waals surface area contributed by atoms with Gasteiger partial charge < -0.3 is 14.6 Å². The van der Waals surface area contributed by atoms with Gasteiger partial charge in [0.1, 0.15) is 5.82 Å². The molecule has 1 aliphatic rings. The van der Waals surface area contributed by atoms with Crippen LogP contribution in [-0.2, 0) is 26.6 Å². The Kier molecular flexibility index (Phi) is 6.66. The fourth-order valence-corrected chi connectivity index (χ4v) is 4.95. The van der Waals surface area contributed by atoms with Crippen LogP contribution in [0.2, 0.25) is 0 Å². The number of nitrogens with zero attached hydrogens (tertiary/aromatic N) is 3. The zero-order valence-corrected chi connectivity index (χ0v) is 17.2. The fourth-order valence-electron chi connectivity index (χ4n) is 3.49. The summed E-state index contributed by atoms with van der Waals surface area (Å²) in [6, 6.07) is 5.84. The molecule has 1 aromatic carbocycles. The highest BCUT2D eigenvalue weighted by Crippen LogP contribution is 2.35. The highest BCUT2D eigenvalue weighted by atomic mass is 32.2. The minimum absolute atomic E-state index is 0.0388. The molecule has 0 aliphatic carbocycles. The monoisotopic (exact) mass is 424 g/mol. The summed E-state index contributed by atoms with van der Waals surface area (Å²) in [6.07, 6.45) is 3.51. The number of methoxy groups -OCH3 is 1. The molecule has 10 heteroatoms. The Balaban J connectivity index is 1.83. The molecule has 1 N–H and O–H groups in total. The molecule has 1 fully saturated rings. The number of imidazole rings is 1. The van der Waals surface area contributed by atoms with E-state index in [1.54, 1.807) is 30.9 Å². The number of halogens is 1. The molecule has 8 nitrogen and oxygen atoms in total. The van der Waals surface area contributed by atoms with Gasteiger partial charge in [-0.1, -0.05) is 12.1 Å². The number of hydrogen-bond donors (Lipinski definition) is 1. The number of aromatic nitrogens is 2. The van der Waals surface area contributed by atoms with E-state index in [0.717, 1.165) is 5.56 Å². The van der Waals surface area contributed by atoms with Crippen LogP contribution in [-0.4, -0.2) is 61.5 Å². The van der Waals surface area contributed by atoms with Crippen molar-refractivity contribution in [1.29, 1.82) is 0 Å². The predicted octanol–water partition coefficient (Wildman–Crippen LogP) is 1.12. The first-order valence-corrected chi connectivity index (χ1v) is 10.8. The van der Waals surface area contributed by atoms with Crippen LogP contribution in [0.5, 0.6) is 0 Å². The van der Waals surface area contributed by atoms with E-state index in [9.17, 15) is 17.6 Å². The maximum atomic E-state index is 13.4. The highest BCUT2D eigenvalue weighted by molar-refractivity contribution is 7.89. The largest absolute Gasteiger partial charge is 0.385 e. The SMILES string of the molecule is COCCCNC(=O)[C@H]1CN(S(=O)(=O)c2cn(C)cn2)C[C@@H]1c1ccc(F)cc1. The smallest absolute Gasteiger partial charge is 0.262 e. The van der Waals surface area contributed by atoms with Crippen molar-refractivity contribution >= 4 is 15.9 Å². The Morgan fingerprint density at radius 2 is 2.03 bits per heavy atom. The van der Waals surface area contributed by atoms with Gasteiger partial charge in [0.05, 0.1) is 12.2 Å². The first kappa shape index (κ1) is 21.4. The fraction of sp³-hybridized carbons (Fsp3) is 0.474. The maximum Gasteiger partial charge on any atom is 0.262 e. The van der Waals surface area contributed by atoms with Crippen molar-refractivity contribution in [3.05, 3.63) is 48.2 Å². The molecule has 0 bridgehead atoms. The number of rotatable bonds is 8. The van der Waals surface area contributed by atoms with Gasteiger partial charge in [-0.15, -0.1) is 0 Å². The molecule has 1 aliphatic heterocycles. The Bertz CT molecular complexity index is 945. The van der Waals surface area contributed by atoms with E-state index in [4.69, 9.17) is 4.74 Å². The molecular formula is C19H25FN4O4S. The maximum absolute atomic E-state index is 13.4. The molecule has 2 atom stereocenters. The van der Waals surface area contributed by atoms with Crippen molar-refractivity contribution in [3.63, 3.8) is 0 Å². The van der Waals surface area contributed by atoms with Crippen LogP contribution >= 0.6 is 0 Å². The molecule has 2 aromatic rings. The van der Waals surface area contributed by atoms with Crippen LogP contribution < -0.4 is 5.32 Å². The van der Waals surface area contributed by atoms with Crippen LogP contribution in [0, 0.1) is 11.7 Å². The first-order valence-electron chi connectivity index (χ1n) is 9.33. The Labute approximate surface area is 169 Å². The Morgan fingerprint density at radius 3 is 2.66 bits per heavy atom. The molecule has 158 valence electrons. The van der Waals surface area contributed by atoms with Gasteiger partial charge in [0.25, 0.3) is 10.0 Å². The third-order valence-corrected chi connectivity index (χ3v) is 6.75. The zero-order chi connectivity index (χ0) is 21.0. The lowest BCUT2D eigenvalue weighted by molar-refractivity contribution is -0.124. The van der Waals surface area contributed by atoms with Crippen LogP contribution in [0.15, 0.2) is 41.8 Å². The third kappa shape index (κ3) is 4.82. The average molecular weight is 424 g/mol. The van der Waals surface area contributed by atoms with Gasteiger partial charge in [-0.05, 0) is 24.1 Å². The lowest BCUT2D eigenvalue weighted by Crippen LogP contribution is -2.36. The number of nitrogens with one attached hydrogen (secondary N) is 1. The van der Waals surface area contributed by atoms with Crippen molar-refractivity contribution in [3.8, 4) is 0 Å². The highest BCUT2D eigenvalue weighted by Gasteiger charge is 2.44. The molecule has 1 aromatic heterocycles. The standard InChI is InChI=1S/C19H25FN4O4S/c1-23-12-18(22-13-23)29(26,27)24-10-16(14-4-6-15(20)7-5-14)17(11-24)19(25)21-8-3-9-28-2/h4-7,12-13,16-17H,3,8-11H2,1-2H3,(H,21,25)/t16-,17+/m1/s1. The van der Waals surface area contributed by atoms with E-state index in [0.29, 0.717) is 19.6 Å². The molecule has 0 radical (unpaired) electrons. The molecule has 1 amide bonds. The molecule has 0 spiro atoms. The van der Waals surface area contributed by atoms with E-state index in [1.165, 1.54) is 29.0 Å². The van der Waals surface area contributed by atoms with Gasteiger partial charge in [-0.2, -0.15) is 4.31 Å². The van der Waals surface area contributed by atoms with Crippen LogP contribution in [0.1, 0.15) is 17.9 Å². The number of carbonyl (C=O) groups is 1. The van der Waals surface area contributed by atoms with Crippen LogP contribution in [0.4, 0.5) is 4.39 Å². The molecular weight excluding hydrogens is 399 g/mol. The number of benzene rings is 1. The summed E-state index contributed by atoms with van der Waals surface area (Å²) in [7, 11) is -0.560. The number of hydrogen-bond acceptors (Lipinski definition) is 5. The summed E-state index contributed by atoms with van der Waals surface area (Å²) in [5, 5.41) is 2.80. The lowest BCUT2D eigenvalue weighted by Gasteiger charge is -2.18. The number of ether oxygens (including phenoxy) is 1. The predicted molar refractivity (Wildman–Crippen MR) is 104 cm³/mol. The second-order valence-corrected chi connectivity index (χ2v) is 8.99. The van der Waals surface area contributed by atoms with Gasteiger partial charge >= 0.3 is 0 Å². The molecule has 1 saturated heterocycles. The van der Waals surface area contributed by atoms with E-state index in [1.807, 2.05) is 0 Å². The summed E-state index contributed by atoms with van der Waals surface area (Å²) in [4.78, 5) is 16.8. The van der Waals surface area contributed by atoms with Crippen molar-refractivity contribution in [2.24, 2.45) is 13.0 Å². The topological polar surface area (TPSA) is 93.5 Å². The summed E-state index contributed by atoms with van der Waals surface area (Å²) < 4.78 is 47.1.